The van der Waals surface area contributed by atoms with Crippen molar-refractivity contribution in [2.24, 2.45) is 0 Å². The van der Waals surface area contributed by atoms with E-state index in [1.807, 2.05) is 18.5 Å². The Morgan fingerprint density at radius 1 is 1.35 bits per heavy atom. The number of anilines is 1. The van der Waals surface area contributed by atoms with Gasteiger partial charge in [0.15, 0.2) is 0 Å². The molecule has 1 N–H and O–H groups in total. The number of pyridine rings is 1. The predicted octanol–water partition coefficient (Wildman–Crippen LogP) is 1.52. The number of piperazine rings is 1. The number of nitrogens with zero attached hydrogens (tertiary/aromatic N) is 3. The van der Waals surface area contributed by atoms with Crippen LogP contribution >= 0.6 is 0 Å². The number of hydrogen-bond acceptors (Lipinski definition) is 3. The molecule has 0 bridgehead atoms. The molecule has 0 amide bonds. The van der Waals surface area contributed by atoms with Crippen molar-refractivity contribution in [3.63, 3.8) is 0 Å². The van der Waals surface area contributed by atoms with Crippen LogP contribution in [0.2, 0.25) is 0 Å². The van der Waals surface area contributed by atoms with Crippen LogP contribution in [0.4, 0.5) is 5.82 Å². The maximum absolute atomic E-state index is 4.34. The summed E-state index contributed by atoms with van der Waals surface area (Å²) in [6.07, 6.45) is 3.89. The van der Waals surface area contributed by atoms with E-state index in [0.717, 1.165) is 18.7 Å². The first-order valence-electron chi connectivity index (χ1n) is 6.18. The minimum Gasteiger partial charge on any atom is -0.352 e. The zero-order valence-corrected chi connectivity index (χ0v) is 10.3. The molecule has 90 valence electrons. The van der Waals surface area contributed by atoms with E-state index in [1.165, 1.54) is 5.82 Å². The summed E-state index contributed by atoms with van der Waals surface area (Å²) in [5, 5.41) is 3.51. The Labute approximate surface area is 101 Å². The lowest BCUT2D eigenvalue weighted by Crippen LogP contribution is -2.54. The minimum atomic E-state index is 0.513. The molecule has 2 aromatic heterocycles. The molecular weight excluding hydrogens is 212 g/mol. The molecule has 17 heavy (non-hydrogen) atoms. The second-order valence-corrected chi connectivity index (χ2v) is 4.85. The maximum atomic E-state index is 4.34. The normalized spacial score (nSPS) is 25.4. The van der Waals surface area contributed by atoms with Crippen LogP contribution < -0.4 is 10.2 Å². The lowest BCUT2D eigenvalue weighted by molar-refractivity contribution is 0.422. The lowest BCUT2D eigenvalue weighted by atomic mass is 10.1. The SMILES string of the molecule is CC1CN(c2cccc3nccn23)C(C)CN1. The number of nitrogens with one attached hydrogen (secondary N) is 1. The Bertz CT molecular complexity index is 519. The van der Waals surface area contributed by atoms with Gasteiger partial charge in [0.1, 0.15) is 11.5 Å². The molecule has 1 saturated heterocycles. The molecule has 1 fully saturated rings. The van der Waals surface area contributed by atoms with Gasteiger partial charge in [0.25, 0.3) is 0 Å². The topological polar surface area (TPSA) is 32.6 Å². The van der Waals surface area contributed by atoms with Gasteiger partial charge in [-0.05, 0) is 26.0 Å². The van der Waals surface area contributed by atoms with Gasteiger partial charge in [0.05, 0.1) is 0 Å². The third-order valence-corrected chi connectivity index (χ3v) is 3.47. The maximum Gasteiger partial charge on any atom is 0.138 e. The molecule has 2 atom stereocenters. The molecule has 0 radical (unpaired) electrons. The van der Waals surface area contributed by atoms with Crippen LogP contribution in [0.25, 0.3) is 5.65 Å². The van der Waals surface area contributed by atoms with Crippen LogP contribution in [-0.2, 0) is 0 Å². The van der Waals surface area contributed by atoms with Gasteiger partial charge in [-0.2, -0.15) is 0 Å². The summed E-state index contributed by atoms with van der Waals surface area (Å²) in [4.78, 5) is 6.79. The van der Waals surface area contributed by atoms with Gasteiger partial charge in [-0.1, -0.05) is 6.07 Å². The van der Waals surface area contributed by atoms with Gasteiger partial charge in [-0.3, -0.25) is 4.40 Å². The highest BCUT2D eigenvalue weighted by atomic mass is 15.3. The average molecular weight is 230 g/mol. The number of hydrogen-bond donors (Lipinski definition) is 1. The Hall–Kier alpha value is -1.55. The fourth-order valence-corrected chi connectivity index (χ4v) is 2.51. The number of imidazole rings is 1. The summed E-state index contributed by atoms with van der Waals surface area (Å²) in [5.74, 6) is 1.24. The zero-order valence-electron chi connectivity index (χ0n) is 10.3. The Kier molecular flexibility index (Phi) is 2.52. The summed E-state index contributed by atoms with van der Waals surface area (Å²) >= 11 is 0. The Morgan fingerprint density at radius 3 is 3.12 bits per heavy atom. The summed E-state index contributed by atoms with van der Waals surface area (Å²) in [7, 11) is 0. The fourth-order valence-electron chi connectivity index (χ4n) is 2.51. The third-order valence-electron chi connectivity index (χ3n) is 3.47. The van der Waals surface area contributed by atoms with Gasteiger partial charge < -0.3 is 10.2 Å². The number of aromatic nitrogens is 2. The zero-order chi connectivity index (χ0) is 11.8. The molecule has 1 aliphatic rings. The molecule has 3 heterocycles. The van der Waals surface area contributed by atoms with E-state index < -0.39 is 0 Å². The van der Waals surface area contributed by atoms with Crippen molar-refractivity contribution in [3.05, 3.63) is 30.6 Å². The molecule has 0 aliphatic carbocycles. The van der Waals surface area contributed by atoms with E-state index in [-0.39, 0.29) is 0 Å². The Morgan fingerprint density at radius 2 is 2.24 bits per heavy atom. The largest absolute Gasteiger partial charge is 0.352 e. The smallest absolute Gasteiger partial charge is 0.138 e. The molecule has 0 spiro atoms. The molecule has 0 aromatic carbocycles. The van der Waals surface area contributed by atoms with Crippen molar-refractivity contribution < 1.29 is 0 Å². The van der Waals surface area contributed by atoms with Crippen molar-refractivity contribution in [2.75, 3.05) is 18.0 Å². The predicted molar refractivity (Wildman–Crippen MR) is 69.5 cm³/mol. The van der Waals surface area contributed by atoms with E-state index in [0.29, 0.717) is 12.1 Å². The molecule has 4 nitrogen and oxygen atoms in total. The lowest BCUT2D eigenvalue weighted by Gasteiger charge is -2.39. The molecule has 4 heteroatoms. The highest BCUT2D eigenvalue weighted by Crippen LogP contribution is 2.20. The van der Waals surface area contributed by atoms with Crippen LogP contribution in [-0.4, -0.2) is 34.6 Å². The number of fused-ring (bicyclic) bond motifs is 1. The van der Waals surface area contributed by atoms with Gasteiger partial charge in [-0.15, -0.1) is 0 Å². The second-order valence-electron chi connectivity index (χ2n) is 4.85. The highest BCUT2D eigenvalue weighted by molar-refractivity contribution is 5.52. The average Bonchev–Trinajstić information content (AvgIpc) is 2.80. The monoisotopic (exact) mass is 230 g/mol. The molecule has 2 unspecified atom stereocenters. The summed E-state index contributed by atoms with van der Waals surface area (Å²) < 4.78 is 2.16. The van der Waals surface area contributed by atoms with Crippen LogP contribution in [0.15, 0.2) is 30.6 Å². The van der Waals surface area contributed by atoms with Crippen LogP contribution in [0.5, 0.6) is 0 Å². The van der Waals surface area contributed by atoms with Crippen LogP contribution in [0, 0.1) is 0 Å². The van der Waals surface area contributed by atoms with Gasteiger partial charge in [-0.25, -0.2) is 4.98 Å². The molecule has 0 saturated carbocycles. The quantitative estimate of drug-likeness (QED) is 0.806. The summed E-state index contributed by atoms with van der Waals surface area (Å²) in [6, 6.07) is 7.34. The van der Waals surface area contributed by atoms with Crippen molar-refractivity contribution in [1.29, 1.82) is 0 Å². The van der Waals surface area contributed by atoms with E-state index in [9.17, 15) is 0 Å². The summed E-state index contributed by atoms with van der Waals surface area (Å²) in [5.41, 5.74) is 1.01. The minimum absolute atomic E-state index is 0.513. The Balaban J connectivity index is 2.04. The first kappa shape index (κ1) is 10.6. The molecule has 2 aromatic rings. The van der Waals surface area contributed by atoms with Crippen molar-refractivity contribution in [2.45, 2.75) is 25.9 Å². The van der Waals surface area contributed by atoms with Crippen LogP contribution in [0.1, 0.15) is 13.8 Å². The van der Waals surface area contributed by atoms with Crippen molar-refractivity contribution in [3.8, 4) is 0 Å². The van der Waals surface area contributed by atoms with Crippen LogP contribution in [0.3, 0.4) is 0 Å². The fraction of sp³-hybridized carbons (Fsp3) is 0.462. The summed E-state index contributed by atoms with van der Waals surface area (Å²) in [6.45, 7) is 6.56. The first-order valence-corrected chi connectivity index (χ1v) is 6.18. The first-order chi connectivity index (χ1) is 8.25. The highest BCUT2D eigenvalue weighted by Gasteiger charge is 2.23. The van der Waals surface area contributed by atoms with Gasteiger partial charge >= 0.3 is 0 Å². The molecular formula is C13H18N4. The molecule has 3 rings (SSSR count). The van der Waals surface area contributed by atoms with Crippen molar-refractivity contribution in [1.82, 2.24) is 14.7 Å². The van der Waals surface area contributed by atoms with Crippen molar-refractivity contribution >= 4 is 11.5 Å². The van der Waals surface area contributed by atoms with E-state index >= 15 is 0 Å². The van der Waals surface area contributed by atoms with Gasteiger partial charge in [0.2, 0.25) is 0 Å². The van der Waals surface area contributed by atoms with E-state index in [2.05, 4.69) is 45.6 Å². The third kappa shape index (κ3) is 1.78. The second kappa shape index (κ2) is 4.04. The molecule has 1 aliphatic heterocycles. The number of rotatable bonds is 1. The van der Waals surface area contributed by atoms with E-state index in [1.54, 1.807) is 0 Å². The standard InChI is InChI=1S/C13H18N4/c1-10-9-17(11(2)8-15-10)13-5-3-4-12-14-6-7-16(12)13/h3-7,10-11,15H,8-9H2,1-2H3. The van der Waals surface area contributed by atoms with E-state index in [4.69, 9.17) is 0 Å². The van der Waals surface area contributed by atoms with Gasteiger partial charge in [0, 0.05) is 37.6 Å².